The van der Waals surface area contributed by atoms with E-state index in [1.54, 1.807) is 29.5 Å². The van der Waals surface area contributed by atoms with Gasteiger partial charge in [0.1, 0.15) is 5.82 Å². The van der Waals surface area contributed by atoms with Gasteiger partial charge < -0.3 is 9.47 Å². The number of hydrogen-bond donors (Lipinski definition) is 0. The van der Waals surface area contributed by atoms with Gasteiger partial charge in [-0.05, 0) is 48.6 Å². The largest absolute Gasteiger partial charge is 0.336 e. The van der Waals surface area contributed by atoms with Crippen LogP contribution in [0.15, 0.2) is 34.5 Å². The van der Waals surface area contributed by atoms with Crippen molar-refractivity contribution < 1.29 is 13.2 Å². The molecular weight excluding hydrogens is 420 g/mol. The van der Waals surface area contributed by atoms with Gasteiger partial charge in [0.15, 0.2) is 0 Å². The number of carbonyl (C=O) groups excluding carboxylic acids is 1. The first-order valence-corrected chi connectivity index (χ1v) is 12.3. The van der Waals surface area contributed by atoms with Gasteiger partial charge in [-0.2, -0.15) is 0 Å². The molecule has 9 heteroatoms. The fourth-order valence-electron chi connectivity index (χ4n) is 4.04. The van der Waals surface area contributed by atoms with E-state index in [1.165, 1.54) is 28.8 Å². The van der Waals surface area contributed by atoms with E-state index >= 15 is 0 Å². The van der Waals surface area contributed by atoms with E-state index in [1.807, 2.05) is 16.5 Å². The maximum Gasteiger partial charge on any atom is 0.242 e. The van der Waals surface area contributed by atoms with Crippen LogP contribution < -0.4 is 0 Å². The molecular formula is C21H26N4O3S2. The molecule has 0 radical (unpaired) electrons. The molecule has 1 atom stereocenters. The van der Waals surface area contributed by atoms with Crippen LogP contribution in [0, 0.1) is 0 Å². The second-order valence-corrected chi connectivity index (χ2v) is 11.0. The predicted octanol–water partition coefficient (Wildman–Crippen LogP) is 2.96. The lowest BCUT2D eigenvalue weighted by molar-refractivity contribution is -0.133. The Labute approximate surface area is 181 Å². The maximum atomic E-state index is 12.9. The summed E-state index contributed by atoms with van der Waals surface area (Å²) >= 11 is 1.76. The number of aromatic nitrogens is 2. The van der Waals surface area contributed by atoms with Crippen molar-refractivity contribution in [1.29, 1.82) is 0 Å². The third-order valence-corrected chi connectivity index (χ3v) is 8.69. The zero-order valence-electron chi connectivity index (χ0n) is 17.6. The quantitative estimate of drug-likeness (QED) is 0.604. The molecule has 30 heavy (non-hydrogen) atoms. The molecule has 0 fully saturated rings. The van der Waals surface area contributed by atoms with Crippen molar-refractivity contribution in [2.24, 2.45) is 7.05 Å². The normalized spacial score (nSPS) is 17.0. The van der Waals surface area contributed by atoms with Crippen molar-refractivity contribution in [3.63, 3.8) is 0 Å². The van der Waals surface area contributed by atoms with E-state index < -0.39 is 10.0 Å². The number of hydrogen-bond acceptors (Lipinski definition) is 5. The molecule has 0 bridgehead atoms. The van der Waals surface area contributed by atoms with Crippen molar-refractivity contribution in [3.8, 4) is 0 Å². The Hall–Kier alpha value is -2.23. The van der Waals surface area contributed by atoms with Gasteiger partial charge in [0.25, 0.3) is 0 Å². The number of sulfonamides is 1. The van der Waals surface area contributed by atoms with Crippen LogP contribution in [0.5, 0.6) is 0 Å². The Balaban J connectivity index is 1.52. The summed E-state index contributed by atoms with van der Waals surface area (Å²) in [4.78, 5) is 21.1. The number of aryl methyl sites for hydroxylation is 2. The van der Waals surface area contributed by atoms with Crippen LogP contribution in [0.1, 0.15) is 35.7 Å². The van der Waals surface area contributed by atoms with Gasteiger partial charge in [0.2, 0.25) is 15.9 Å². The molecule has 7 nitrogen and oxygen atoms in total. The fourth-order valence-corrected chi connectivity index (χ4v) is 5.92. The summed E-state index contributed by atoms with van der Waals surface area (Å²) in [6, 6.07) is 7.19. The minimum absolute atomic E-state index is 0.103. The monoisotopic (exact) mass is 446 g/mol. The molecule has 4 rings (SSSR count). The van der Waals surface area contributed by atoms with E-state index in [0.717, 1.165) is 24.3 Å². The van der Waals surface area contributed by atoms with Crippen LogP contribution in [0.25, 0.3) is 11.0 Å². The Morgan fingerprint density at radius 3 is 2.80 bits per heavy atom. The van der Waals surface area contributed by atoms with Gasteiger partial charge in [-0.1, -0.05) is 0 Å². The molecule has 3 aromatic rings. The van der Waals surface area contributed by atoms with Gasteiger partial charge in [-0.25, -0.2) is 17.7 Å². The number of carbonyl (C=O) groups is 1. The minimum atomic E-state index is -3.51. The molecule has 1 aromatic carbocycles. The maximum absolute atomic E-state index is 12.9. The first kappa shape index (κ1) is 21.0. The van der Waals surface area contributed by atoms with E-state index in [4.69, 9.17) is 0 Å². The SMILES string of the molecule is C[C@@H]1c2ccsc2CCN1C(=O)CCc1nc2cc(S(=O)(=O)N(C)C)ccc2n1C. The average molecular weight is 447 g/mol. The van der Waals surface area contributed by atoms with Crippen molar-refractivity contribution in [2.45, 2.75) is 37.1 Å². The van der Waals surface area contributed by atoms with Crippen molar-refractivity contribution in [3.05, 3.63) is 45.9 Å². The highest BCUT2D eigenvalue weighted by Gasteiger charge is 2.28. The van der Waals surface area contributed by atoms with Crippen molar-refractivity contribution >= 4 is 38.3 Å². The van der Waals surface area contributed by atoms with E-state index in [0.29, 0.717) is 18.4 Å². The molecule has 1 aliphatic rings. The number of benzene rings is 1. The van der Waals surface area contributed by atoms with E-state index in [-0.39, 0.29) is 16.8 Å². The Morgan fingerprint density at radius 1 is 1.30 bits per heavy atom. The van der Waals surface area contributed by atoms with Gasteiger partial charge in [-0.15, -0.1) is 11.3 Å². The predicted molar refractivity (Wildman–Crippen MR) is 118 cm³/mol. The molecule has 1 amide bonds. The molecule has 0 aliphatic carbocycles. The topological polar surface area (TPSA) is 75.5 Å². The molecule has 160 valence electrons. The molecule has 0 spiro atoms. The first-order chi connectivity index (χ1) is 14.2. The zero-order valence-corrected chi connectivity index (χ0v) is 19.3. The standard InChI is InChI=1S/C21H26N4O3S2/c1-14-16-10-12-29-19(16)9-11-25(14)21(26)8-7-20-22-17-13-15(30(27,28)23(2)3)5-6-18(17)24(20)4/h5-6,10,12-14H,7-9,11H2,1-4H3/t14-/m1/s1. The number of fused-ring (bicyclic) bond motifs is 2. The Kier molecular flexibility index (Phi) is 5.46. The van der Waals surface area contributed by atoms with Crippen LogP contribution in [0.4, 0.5) is 0 Å². The minimum Gasteiger partial charge on any atom is -0.336 e. The van der Waals surface area contributed by atoms with Crippen LogP contribution in [0.3, 0.4) is 0 Å². The number of rotatable bonds is 5. The number of imidazole rings is 1. The second-order valence-electron chi connectivity index (χ2n) is 7.84. The number of thiophene rings is 1. The highest BCUT2D eigenvalue weighted by molar-refractivity contribution is 7.89. The van der Waals surface area contributed by atoms with Crippen LogP contribution in [-0.4, -0.2) is 53.7 Å². The van der Waals surface area contributed by atoms with Gasteiger partial charge in [0.05, 0.1) is 22.0 Å². The molecule has 1 aliphatic heterocycles. The highest BCUT2D eigenvalue weighted by atomic mass is 32.2. The number of amides is 1. The third kappa shape index (κ3) is 3.55. The summed E-state index contributed by atoms with van der Waals surface area (Å²) in [5.41, 5.74) is 2.73. The third-order valence-electron chi connectivity index (χ3n) is 5.88. The lowest BCUT2D eigenvalue weighted by Crippen LogP contribution is -2.38. The van der Waals surface area contributed by atoms with E-state index in [9.17, 15) is 13.2 Å². The fraction of sp³-hybridized carbons (Fsp3) is 0.429. The Morgan fingerprint density at radius 2 is 2.07 bits per heavy atom. The van der Waals surface area contributed by atoms with Gasteiger partial charge in [-0.3, -0.25) is 4.79 Å². The zero-order chi connectivity index (χ0) is 21.6. The van der Waals surface area contributed by atoms with Crippen molar-refractivity contribution in [1.82, 2.24) is 18.8 Å². The van der Waals surface area contributed by atoms with E-state index in [2.05, 4.69) is 23.4 Å². The Bertz CT molecular complexity index is 1210. The number of nitrogens with zero attached hydrogens (tertiary/aromatic N) is 4. The van der Waals surface area contributed by atoms with Crippen LogP contribution >= 0.6 is 11.3 Å². The lowest BCUT2D eigenvalue weighted by atomic mass is 10.0. The average Bonchev–Trinajstić information content (AvgIpc) is 3.31. The molecule has 0 unspecified atom stereocenters. The van der Waals surface area contributed by atoms with Crippen LogP contribution in [0.2, 0.25) is 0 Å². The van der Waals surface area contributed by atoms with Gasteiger partial charge in [0, 0.05) is 45.4 Å². The van der Waals surface area contributed by atoms with Gasteiger partial charge >= 0.3 is 0 Å². The lowest BCUT2D eigenvalue weighted by Gasteiger charge is -2.33. The summed E-state index contributed by atoms with van der Waals surface area (Å²) in [5, 5.41) is 2.10. The smallest absolute Gasteiger partial charge is 0.242 e. The summed E-state index contributed by atoms with van der Waals surface area (Å²) in [6.45, 7) is 2.84. The second kappa shape index (κ2) is 7.79. The summed E-state index contributed by atoms with van der Waals surface area (Å²) < 4.78 is 27.9. The summed E-state index contributed by atoms with van der Waals surface area (Å²) in [6.07, 6.45) is 1.81. The molecule has 2 aromatic heterocycles. The molecule has 0 saturated carbocycles. The summed E-state index contributed by atoms with van der Waals surface area (Å²) in [5.74, 6) is 0.904. The first-order valence-electron chi connectivity index (χ1n) is 9.93. The molecule has 0 N–H and O–H groups in total. The highest BCUT2D eigenvalue weighted by Crippen LogP contribution is 2.33. The summed E-state index contributed by atoms with van der Waals surface area (Å²) in [7, 11) is 1.40. The van der Waals surface area contributed by atoms with Crippen LogP contribution in [-0.2, 0) is 34.7 Å². The molecule has 3 heterocycles. The molecule has 0 saturated heterocycles. The van der Waals surface area contributed by atoms with Crippen molar-refractivity contribution in [2.75, 3.05) is 20.6 Å².